The molecule has 2 heterocycles. The molecule has 0 radical (unpaired) electrons. The van der Waals surface area contributed by atoms with E-state index in [9.17, 15) is 0 Å². The monoisotopic (exact) mass is 234 g/mol. The van der Waals surface area contributed by atoms with Crippen LogP contribution in [0.3, 0.4) is 0 Å². The van der Waals surface area contributed by atoms with Crippen molar-refractivity contribution < 1.29 is 0 Å². The van der Waals surface area contributed by atoms with E-state index in [1.807, 2.05) is 6.07 Å². The van der Waals surface area contributed by atoms with Crippen LogP contribution in [0.4, 0.5) is 5.69 Å². The Bertz CT molecular complexity index is 547. The molecule has 2 N–H and O–H groups in total. The molecule has 1 aromatic carbocycles. The molecule has 5 heteroatoms. The second-order valence-corrected chi connectivity index (χ2v) is 4.34. The number of nitrogens with zero attached hydrogens (tertiary/aromatic N) is 3. The van der Waals surface area contributed by atoms with E-state index in [1.54, 1.807) is 12.1 Å². The molecule has 0 spiro atoms. The summed E-state index contributed by atoms with van der Waals surface area (Å²) in [6.07, 6.45) is 2.12. The van der Waals surface area contributed by atoms with Crippen molar-refractivity contribution in [2.75, 3.05) is 5.73 Å². The lowest BCUT2D eigenvalue weighted by Crippen LogP contribution is -1.97. The van der Waals surface area contributed by atoms with Crippen LogP contribution in [0.2, 0.25) is 5.02 Å². The van der Waals surface area contributed by atoms with Crippen molar-refractivity contribution in [2.45, 2.75) is 19.4 Å². The fraction of sp³-hybridized carbons (Fsp3) is 0.273. The standard InChI is InChI=1S/C11H11ClN4/c12-9-4-3-7(13)6-8(9)11-15-14-10-2-1-5-16(10)11/h3-4,6H,1-2,5,13H2. The molecule has 2 aromatic rings. The van der Waals surface area contributed by atoms with Crippen molar-refractivity contribution in [1.82, 2.24) is 14.8 Å². The van der Waals surface area contributed by atoms with Crippen LogP contribution >= 0.6 is 11.6 Å². The summed E-state index contributed by atoms with van der Waals surface area (Å²) in [5.41, 5.74) is 7.32. The smallest absolute Gasteiger partial charge is 0.165 e. The number of anilines is 1. The number of benzene rings is 1. The molecule has 16 heavy (non-hydrogen) atoms. The van der Waals surface area contributed by atoms with E-state index in [4.69, 9.17) is 17.3 Å². The van der Waals surface area contributed by atoms with Gasteiger partial charge in [-0.3, -0.25) is 0 Å². The zero-order valence-electron chi connectivity index (χ0n) is 8.65. The average molecular weight is 235 g/mol. The average Bonchev–Trinajstić information content (AvgIpc) is 2.83. The molecule has 82 valence electrons. The third-order valence-electron chi connectivity index (χ3n) is 2.84. The van der Waals surface area contributed by atoms with E-state index >= 15 is 0 Å². The van der Waals surface area contributed by atoms with Gasteiger partial charge in [-0.1, -0.05) is 11.6 Å². The number of aryl methyl sites for hydroxylation is 1. The van der Waals surface area contributed by atoms with Crippen LogP contribution in [0.5, 0.6) is 0 Å². The largest absolute Gasteiger partial charge is 0.399 e. The van der Waals surface area contributed by atoms with E-state index in [0.29, 0.717) is 10.7 Å². The molecule has 0 atom stereocenters. The fourth-order valence-electron chi connectivity index (χ4n) is 2.06. The molecular weight excluding hydrogens is 224 g/mol. The molecule has 0 bridgehead atoms. The van der Waals surface area contributed by atoms with Crippen LogP contribution in [0.25, 0.3) is 11.4 Å². The lowest BCUT2D eigenvalue weighted by Gasteiger charge is -2.05. The number of hydrogen-bond donors (Lipinski definition) is 1. The number of fused-ring (bicyclic) bond motifs is 1. The van der Waals surface area contributed by atoms with Crippen LogP contribution in [0.1, 0.15) is 12.2 Å². The van der Waals surface area contributed by atoms with Gasteiger partial charge in [-0.05, 0) is 24.6 Å². The summed E-state index contributed by atoms with van der Waals surface area (Å²) in [6.45, 7) is 0.961. The maximum absolute atomic E-state index is 6.15. The molecule has 4 nitrogen and oxygen atoms in total. The van der Waals surface area contributed by atoms with Gasteiger partial charge in [-0.25, -0.2) is 0 Å². The Hall–Kier alpha value is -1.55. The second kappa shape index (κ2) is 3.49. The number of hydrogen-bond acceptors (Lipinski definition) is 3. The highest BCUT2D eigenvalue weighted by Crippen LogP contribution is 2.30. The molecule has 0 aliphatic carbocycles. The van der Waals surface area contributed by atoms with Gasteiger partial charge >= 0.3 is 0 Å². The Labute approximate surface area is 98.0 Å². The van der Waals surface area contributed by atoms with Gasteiger partial charge in [-0.2, -0.15) is 0 Å². The third kappa shape index (κ3) is 1.38. The lowest BCUT2D eigenvalue weighted by molar-refractivity contribution is 0.748. The van der Waals surface area contributed by atoms with Gasteiger partial charge in [0.25, 0.3) is 0 Å². The number of nitrogens with two attached hydrogens (primary N) is 1. The molecule has 0 fully saturated rings. The van der Waals surface area contributed by atoms with Crippen LogP contribution in [0, 0.1) is 0 Å². The van der Waals surface area contributed by atoms with Crippen LogP contribution in [0.15, 0.2) is 18.2 Å². The van der Waals surface area contributed by atoms with Gasteiger partial charge in [0.2, 0.25) is 0 Å². The molecule has 1 aliphatic rings. The Morgan fingerprint density at radius 3 is 3.06 bits per heavy atom. The quantitative estimate of drug-likeness (QED) is 0.769. The first-order valence-corrected chi connectivity index (χ1v) is 5.61. The SMILES string of the molecule is Nc1ccc(Cl)c(-c2nnc3n2CCC3)c1. The van der Waals surface area contributed by atoms with Crippen LogP contribution in [-0.4, -0.2) is 14.8 Å². The maximum atomic E-state index is 6.15. The Balaban J connectivity index is 2.18. The molecular formula is C11H11ClN4. The first kappa shape index (κ1) is 9.66. The van der Waals surface area contributed by atoms with Crippen molar-refractivity contribution in [2.24, 2.45) is 0 Å². The number of rotatable bonds is 1. The lowest BCUT2D eigenvalue weighted by atomic mass is 10.2. The summed E-state index contributed by atoms with van der Waals surface area (Å²) >= 11 is 6.15. The third-order valence-corrected chi connectivity index (χ3v) is 3.17. The molecule has 0 saturated heterocycles. The Morgan fingerprint density at radius 2 is 2.19 bits per heavy atom. The number of halogens is 1. The molecule has 0 unspecified atom stereocenters. The molecule has 1 aromatic heterocycles. The minimum absolute atomic E-state index is 0.663. The van der Waals surface area contributed by atoms with E-state index in [1.165, 1.54) is 0 Å². The molecule has 0 amide bonds. The Kier molecular flexibility index (Phi) is 2.11. The molecule has 0 saturated carbocycles. The van der Waals surface area contributed by atoms with Crippen molar-refractivity contribution in [3.8, 4) is 11.4 Å². The minimum atomic E-state index is 0.663. The minimum Gasteiger partial charge on any atom is -0.399 e. The number of nitrogen functional groups attached to an aromatic ring is 1. The summed E-state index contributed by atoms with van der Waals surface area (Å²) in [6, 6.07) is 5.42. The van der Waals surface area contributed by atoms with Crippen LogP contribution < -0.4 is 5.73 Å². The van der Waals surface area contributed by atoms with Gasteiger partial charge in [0.05, 0.1) is 5.02 Å². The van der Waals surface area contributed by atoms with E-state index in [2.05, 4.69) is 14.8 Å². The number of aromatic nitrogens is 3. The van der Waals surface area contributed by atoms with Crippen molar-refractivity contribution in [3.63, 3.8) is 0 Å². The zero-order chi connectivity index (χ0) is 11.1. The summed E-state index contributed by atoms with van der Waals surface area (Å²) in [5.74, 6) is 1.86. The van der Waals surface area contributed by atoms with Crippen molar-refractivity contribution >= 4 is 17.3 Å². The van der Waals surface area contributed by atoms with Crippen LogP contribution in [-0.2, 0) is 13.0 Å². The topological polar surface area (TPSA) is 56.7 Å². The first-order valence-electron chi connectivity index (χ1n) is 5.23. The Morgan fingerprint density at radius 1 is 1.31 bits per heavy atom. The molecule has 3 rings (SSSR count). The van der Waals surface area contributed by atoms with Crippen molar-refractivity contribution in [1.29, 1.82) is 0 Å². The predicted octanol–water partition coefficient (Wildman–Crippen LogP) is 2.13. The van der Waals surface area contributed by atoms with Gasteiger partial charge in [0.15, 0.2) is 5.82 Å². The summed E-state index contributed by atoms with van der Waals surface area (Å²) < 4.78 is 2.11. The highest BCUT2D eigenvalue weighted by atomic mass is 35.5. The van der Waals surface area contributed by atoms with Gasteiger partial charge in [0, 0.05) is 24.2 Å². The maximum Gasteiger partial charge on any atom is 0.165 e. The van der Waals surface area contributed by atoms with Gasteiger partial charge in [0.1, 0.15) is 5.82 Å². The van der Waals surface area contributed by atoms with E-state index < -0.39 is 0 Å². The van der Waals surface area contributed by atoms with Crippen molar-refractivity contribution in [3.05, 3.63) is 29.0 Å². The fourth-order valence-corrected chi connectivity index (χ4v) is 2.27. The normalized spacial score (nSPS) is 14.1. The highest BCUT2D eigenvalue weighted by Gasteiger charge is 2.19. The highest BCUT2D eigenvalue weighted by molar-refractivity contribution is 6.33. The predicted molar refractivity (Wildman–Crippen MR) is 63.2 cm³/mol. The summed E-state index contributed by atoms with van der Waals surface area (Å²) in [7, 11) is 0. The van der Waals surface area contributed by atoms with E-state index in [0.717, 1.165) is 36.6 Å². The van der Waals surface area contributed by atoms with Gasteiger partial charge in [-0.15, -0.1) is 10.2 Å². The first-order chi connectivity index (χ1) is 7.75. The zero-order valence-corrected chi connectivity index (χ0v) is 9.41. The molecule has 1 aliphatic heterocycles. The second-order valence-electron chi connectivity index (χ2n) is 3.93. The summed E-state index contributed by atoms with van der Waals surface area (Å²) in [4.78, 5) is 0. The summed E-state index contributed by atoms with van der Waals surface area (Å²) in [5, 5.41) is 9.00. The van der Waals surface area contributed by atoms with E-state index in [-0.39, 0.29) is 0 Å². The van der Waals surface area contributed by atoms with Gasteiger partial charge < -0.3 is 10.3 Å².